The first kappa shape index (κ1) is 6.26. The van der Waals surface area contributed by atoms with Gasteiger partial charge in [-0.2, -0.15) is 0 Å². The summed E-state index contributed by atoms with van der Waals surface area (Å²) < 4.78 is 0. The highest BCUT2D eigenvalue weighted by Crippen LogP contribution is 1.99. The van der Waals surface area contributed by atoms with Gasteiger partial charge in [-0.25, -0.2) is 0 Å². The summed E-state index contributed by atoms with van der Waals surface area (Å²) in [6.45, 7) is 0.376. The second kappa shape index (κ2) is 3.22. The average molecular weight is 122 g/mol. The number of hydrogen-bond donors (Lipinski definition) is 0. The van der Waals surface area contributed by atoms with E-state index in [9.17, 15) is 0 Å². The Labute approximate surface area is 54.2 Å². The highest BCUT2D eigenvalue weighted by Gasteiger charge is 1.82. The highest BCUT2D eigenvalue weighted by molar-refractivity contribution is 5.13. The number of hydrogen-bond acceptors (Lipinski definition) is 1. The minimum atomic E-state index is 0.376. The van der Waals surface area contributed by atoms with Crippen LogP contribution in [0.1, 0.15) is 5.56 Å². The standard InChI is InChI=1S/C7H8NO/c8-9-6-7-4-2-1-3-5-7/h1-5,8H,6H2/q-1. The maximum atomic E-state index is 6.44. The van der Waals surface area contributed by atoms with Crippen molar-refractivity contribution in [2.45, 2.75) is 6.61 Å². The van der Waals surface area contributed by atoms with E-state index in [1.54, 1.807) is 0 Å². The van der Waals surface area contributed by atoms with Crippen molar-refractivity contribution in [3.8, 4) is 0 Å². The van der Waals surface area contributed by atoms with Gasteiger partial charge in [-0.15, -0.1) is 0 Å². The molecule has 0 aliphatic carbocycles. The topological polar surface area (TPSA) is 33.0 Å². The van der Waals surface area contributed by atoms with Crippen molar-refractivity contribution in [2.24, 2.45) is 0 Å². The van der Waals surface area contributed by atoms with E-state index in [1.165, 1.54) is 0 Å². The van der Waals surface area contributed by atoms with E-state index in [4.69, 9.17) is 5.90 Å². The molecule has 0 saturated heterocycles. The van der Waals surface area contributed by atoms with Crippen LogP contribution in [-0.2, 0) is 11.4 Å². The van der Waals surface area contributed by atoms with Crippen LogP contribution in [0.15, 0.2) is 30.3 Å². The van der Waals surface area contributed by atoms with Crippen LogP contribution in [0.4, 0.5) is 0 Å². The average Bonchev–Trinajstić information content (AvgIpc) is 1.91. The third-order valence-electron chi connectivity index (χ3n) is 1.08. The van der Waals surface area contributed by atoms with Crippen LogP contribution in [0, 0.1) is 0 Å². The molecule has 0 aliphatic rings. The van der Waals surface area contributed by atoms with Gasteiger partial charge in [0.25, 0.3) is 0 Å². The largest absolute Gasteiger partial charge is 0.549 e. The summed E-state index contributed by atoms with van der Waals surface area (Å²) in [5.41, 5.74) is 1.03. The molecule has 0 unspecified atom stereocenters. The molecule has 2 heteroatoms. The molecule has 0 heterocycles. The Bertz CT molecular complexity index is 162. The SMILES string of the molecule is [NH-]OCc1ccccc1. The zero-order chi connectivity index (χ0) is 6.53. The number of rotatable bonds is 2. The molecule has 0 radical (unpaired) electrons. The predicted molar refractivity (Wildman–Crippen MR) is 35.6 cm³/mol. The molecule has 0 spiro atoms. The van der Waals surface area contributed by atoms with Crippen molar-refractivity contribution in [1.29, 1.82) is 0 Å². The van der Waals surface area contributed by atoms with Crippen LogP contribution >= 0.6 is 0 Å². The van der Waals surface area contributed by atoms with Gasteiger partial charge in [0.2, 0.25) is 0 Å². The van der Waals surface area contributed by atoms with Crippen molar-refractivity contribution < 1.29 is 4.84 Å². The second-order valence-electron chi connectivity index (χ2n) is 1.77. The van der Waals surface area contributed by atoms with Gasteiger partial charge in [-0.3, -0.25) is 0 Å². The van der Waals surface area contributed by atoms with Crippen LogP contribution in [0.5, 0.6) is 0 Å². The first-order valence-corrected chi connectivity index (χ1v) is 2.76. The van der Waals surface area contributed by atoms with Crippen molar-refractivity contribution in [3.05, 3.63) is 41.8 Å². The Morgan fingerprint density at radius 3 is 2.44 bits per heavy atom. The van der Waals surface area contributed by atoms with Crippen molar-refractivity contribution in [1.82, 2.24) is 0 Å². The van der Waals surface area contributed by atoms with Crippen LogP contribution in [0.3, 0.4) is 0 Å². The Morgan fingerprint density at radius 2 is 1.89 bits per heavy atom. The molecular formula is C7H8NO-. The Balaban J connectivity index is 2.61. The molecule has 0 bridgehead atoms. The molecule has 1 rings (SSSR count). The van der Waals surface area contributed by atoms with Crippen LogP contribution < -0.4 is 0 Å². The van der Waals surface area contributed by atoms with Crippen molar-refractivity contribution in [2.75, 3.05) is 0 Å². The smallest absolute Gasteiger partial charge is 0.0504 e. The highest BCUT2D eigenvalue weighted by atomic mass is 16.6. The molecule has 0 aliphatic heterocycles. The van der Waals surface area contributed by atoms with E-state index in [0.717, 1.165) is 5.56 Å². The fourth-order valence-electron chi connectivity index (χ4n) is 0.658. The maximum absolute atomic E-state index is 6.44. The fraction of sp³-hybridized carbons (Fsp3) is 0.143. The van der Waals surface area contributed by atoms with Crippen LogP contribution in [-0.4, -0.2) is 0 Å². The summed E-state index contributed by atoms with van der Waals surface area (Å²) in [6, 6.07) is 9.64. The van der Waals surface area contributed by atoms with Crippen LogP contribution in [0.25, 0.3) is 5.90 Å². The lowest BCUT2D eigenvalue weighted by Gasteiger charge is -2.03. The maximum Gasteiger partial charge on any atom is 0.0504 e. The number of nitrogens with one attached hydrogen (secondary N) is 1. The summed E-state index contributed by atoms with van der Waals surface area (Å²) in [6.07, 6.45) is 0. The van der Waals surface area contributed by atoms with Gasteiger partial charge in [-0.1, -0.05) is 30.3 Å². The molecule has 2 nitrogen and oxygen atoms in total. The van der Waals surface area contributed by atoms with E-state index in [-0.39, 0.29) is 0 Å². The Morgan fingerprint density at radius 1 is 1.22 bits per heavy atom. The van der Waals surface area contributed by atoms with Gasteiger partial charge in [0.15, 0.2) is 0 Å². The summed E-state index contributed by atoms with van der Waals surface area (Å²) >= 11 is 0. The molecular weight excluding hydrogens is 114 g/mol. The first-order chi connectivity index (χ1) is 4.43. The zero-order valence-corrected chi connectivity index (χ0v) is 5.00. The molecule has 0 amide bonds. The summed E-state index contributed by atoms with van der Waals surface area (Å²) in [5, 5.41) is 0. The Hall–Kier alpha value is -0.860. The molecule has 1 N–H and O–H groups in total. The van der Waals surface area contributed by atoms with Crippen molar-refractivity contribution in [3.63, 3.8) is 0 Å². The van der Waals surface area contributed by atoms with E-state index >= 15 is 0 Å². The third-order valence-corrected chi connectivity index (χ3v) is 1.08. The zero-order valence-electron chi connectivity index (χ0n) is 5.00. The molecule has 0 atom stereocenters. The fourth-order valence-corrected chi connectivity index (χ4v) is 0.658. The number of benzene rings is 1. The lowest BCUT2D eigenvalue weighted by molar-refractivity contribution is 0.237. The molecule has 9 heavy (non-hydrogen) atoms. The summed E-state index contributed by atoms with van der Waals surface area (Å²) in [5.74, 6) is 6.44. The van der Waals surface area contributed by atoms with Crippen molar-refractivity contribution >= 4 is 0 Å². The quantitative estimate of drug-likeness (QED) is 0.553. The van der Waals surface area contributed by atoms with E-state index in [1.807, 2.05) is 30.3 Å². The molecule has 0 aromatic heterocycles. The molecule has 0 fully saturated rings. The first-order valence-electron chi connectivity index (χ1n) is 2.76. The lowest BCUT2D eigenvalue weighted by Crippen LogP contribution is -1.81. The lowest BCUT2D eigenvalue weighted by atomic mass is 10.2. The molecule has 0 saturated carbocycles. The van der Waals surface area contributed by atoms with Gasteiger partial charge in [-0.05, 0) is 5.56 Å². The van der Waals surface area contributed by atoms with Gasteiger partial charge in [0.1, 0.15) is 0 Å². The molecule has 1 aromatic rings. The van der Waals surface area contributed by atoms with E-state index < -0.39 is 0 Å². The Kier molecular flexibility index (Phi) is 2.24. The summed E-state index contributed by atoms with van der Waals surface area (Å²) in [7, 11) is 0. The van der Waals surface area contributed by atoms with E-state index in [0.29, 0.717) is 6.61 Å². The van der Waals surface area contributed by atoms with Crippen LogP contribution in [0.2, 0.25) is 0 Å². The predicted octanol–water partition coefficient (Wildman–Crippen LogP) is 2.17. The summed E-state index contributed by atoms with van der Waals surface area (Å²) in [4.78, 5) is 4.18. The van der Waals surface area contributed by atoms with Gasteiger partial charge >= 0.3 is 0 Å². The van der Waals surface area contributed by atoms with Gasteiger partial charge < -0.3 is 10.7 Å². The normalized spacial score (nSPS) is 9.44. The minimum Gasteiger partial charge on any atom is -0.549 e. The van der Waals surface area contributed by atoms with Gasteiger partial charge in [0.05, 0.1) is 6.61 Å². The minimum absolute atomic E-state index is 0.376. The van der Waals surface area contributed by atoms with E-state index in [2.05, 4.69) is 4.84 Å². The molecule has 48 valence electrons. The third kappa shape index (κ3) is 1.83. The monoisotopic (exact) mass is 122 g/mol. The van der Waals surface area contributed by atoms with Gasteiger partial charge in [0, 0.05) is 0 Å². The molecule has 1 aromatic carbocycles. The second-order valence-corrected chi connectivity index (χ2v) is 1.77.